The van der Waals surface area contributed by atoms with Crippen molar-refractivity contribution in [2.45, 2.75) is 44.8 Å². The molecule has 1 aliphatic rings. The molecule has 0 amide bonds. The van der Waals surface area contributed by atoms with Gasteiger partial charge in [-0.15, -0.1) is 0 Å². The molecule has 1 N–H and O–H groups in total. The fourth-order valence-electron chi connectivity index (χ4n) is 1.88. The third-order valence-electron chi connectivity index (χ3n) is 3.49. The minimum absolute atomic E-state index is 0.209. The molecule has 2 unspecified atom stereocenters. The van der Waals surface area contributed by atoms with Crippen molar-refractivity contribution in [3.8, 4) is 0 Å². The molecule has 0 aromatic carbocycles. The third-order valence-corrected chi connectivity index (χ3v) is 3.49. The van der Waals surface area contributed by atoms with E-state index in [4.69, 9.17) is 4.74 Å². The summed E-state index contributed by atoms with van der Waals surface area (Å²) in [6, 6.07) is 0. The van der Waals surface area contributed by atoms with E-state index in [9.17, 15) is 9.90 Å². The van der Waals surface area contributed by atoms with Gasteiger partial charge >= 0.3 is 5.97 Å². The summed E-state index contributed by atoms with van der Waals surface area (Å²) in [5, 5.41) is 9.19. The lowest BCUT2D eigenvalue weighted by atomic mass is 9.96. The Morgan fingerprint density at radius 1 is 1.67 bits per heavy atom. The quantitative estimate of drug-likeness (QED) is 0.752. The van der Waals surface area contributed by atoms with Gasteiger partial charge in [0.05, 0.1) is 6.10 Å². The molecule has 1 fully saturated rings. The zero-order valence-electron chi connectivity index (χ0n) is 9.82. The number of nitrogens with zero attached hydrogens (tertiary/aromatic N) is 1. The first-order valence-electron chi connectivity index (χ1n) is 5.57. The van der Waals surface area contributed by atoms with Crippen LogP contribution in [-0.4, -0.2) is 47.8 Å². The lowest BCUT2D eigenvalue weighted by Crippen LogP contribution is -2.52. The molecule has 4 nitrogen and oxygen atoms in total. The second kappa shape index (κ2) is 4.94. The summed E-state index contributed by atoms with van der Waals surface area (Å²) in [7, 11) is 1.86. The number of aliphatic carboxylic acids is 1. The maximum Gasteiger partial charge on any atom is 0.323 e. The van der Waals surface area contributed by atoms with E-state index in [0.717, 1.165) is 19.4 Å². The average Bonchev–Trinajstić information content (AvgIpc) is 2.68. The Balaban J connectivity index is 2.56. The molecular weight excluding hydrogens is 194 g/mol. The molecule has 4 heteroatoms. The topological polar surface area (TPSA) is 49.8 Å². The van der Waals surface area contributed by atoms with Gasteiger partial charge in [0.15, 0.2) is 0 Å². The van der Waals surface area contributed by atoms with Crippen LogP contribution < -0.4 is 0 Å². The molecule has 0 spiro atoms. The van der Waals surface area contributed by atoms with Gasteiger partial charge in [0.25, 0.3) is 0 Å². The van der Waals surface area contributed by atoms with Crippen LogP contribution >= 0.6 is 0 Å². The van der Waals surface area contributed by atoms with Crippen molar-refractivity contribution in [3.63, 3.8) is 0 Å². The fourth-order valence-corrected chi connectivity index (χ4v) is 1.88. The second-order valence-corrected chi connectivity index (χ2v) is 4.45. The summed E-state index contributed by atoms with van der Waals surface area (Å²) in [5.74, 6) is -0.759. The van der Waals surface area contributed by atoms with E-state index in [1.807, 2.05) is 18.9 Å². The van der Waals surface area contributed by atoms with E-state index in [2.05, 4.69) is 0 Å². The Morgan fingerprint density at radius 3 is 2.73 bits per heavy atom. The molecule has 1 heterocycles. The zero-order valence-corrected chi connectivity index (χ0v) is 9.82. The van der Waals surface area contributed by atoms with Crippen LogP contribution in [-0.2, 0) is 9.53 Å². The molecule has 0 radical (unpaired) electrons. The number of ether oxygens (including phenoxy) is 1. The van der Waals surface area contributed by atoms with Crippen LogP contribution in [0, 0.1) is 0 Å². The van der Waals surface area contributed by atoms with Crippen molar-refractivity contribution < 1.29 is 14.6 Å². The maximum atomic E-state index is 11.2. The zero-order chi connectivity index (χ0) is 11.5. The molecule has 88 valence electrons. The second-order valence-electron chi connectivity index (χ2n) is 4.45. The highest BCUT2D eigenvalue weighted by Gasteiger charge is 2.36. The first kappa shape index (κ1) is 12.5. The number of rotatable bonds is 5. The van der Waals surface area contributed by atoms with E-state index in [-0.39, 0.29) is 6.10 Å². The first-order chi connectivity index (χ1) is 7.00. The van der Waals surface area contributed by atoms with E-state index < -0.39 is 11.5 Å². The third kappa shape index (κ3) is 2.69. The van der Waals surface area contributed by atoms with Crippen LogP contribution in [0.2, 0.25) is 0 Å². The SMILES string of the molecule is CCC(C)(C(=O)O)N(C)CC1CCCO1. The predicted molar refractivity (Wildman–Crippen MR) is 57.9 cm³/mol. The minimum atomic E-state index is -0.772. The summed E-state index contributed by atoms with van der Waals surface area (Å²) >= 11 is 0. The lowest BCUT2D eigenvalue weighted by Gasteiger charge is -2.35. The molecule has 1 aliphatic heterocycles. The van der Waals surface area contributed by atoms with E-state index in [1.54, 1.807) is 6.92 Å². The van der Waals surface area contributed by atoms with Gasteiger partial charge in [0, 0.05) is 13.2 Å². The Bertz CT molecular complexity index is 226. The minimum Gasteiger partial charge on any atom is -0.480 e. The number of hydrogen-bond acceptors (Lipinski definition) is 3. The van der Waals surface area contributed by atoms with E-state index >= 15 is 0 Å². The Morgan fingerprint density at radius 2 is 2.33 bits per heavy atom. The van der Waals surface area contributed by atoms with E-state index in [1.165, 1.54) is 0 Å². The predicted octanol–water partition coefficient (Wildman–Crippen LogP) is 1.35. The molecule has 0 saturated carbocycles. The molecule has 0 aromatic heterocycles. The first-order valence-corrected chi connectivity index (χ1v) is 5.57. The van der Waals surface area contributed by atoms with Crippen molar-refractivity contribution in [1.29, 1.82) is 0 Å². The van der Waals surface area contributed by atoms with Gasteiger partial charge in [-0.1, -0.05) is 6.92 Å². The van der Waals surface area contributed by atoms with Gasteiger partial charge in [0.2, 0.25) is 0 Å². The van der Waals surface area contributed by atoms with E-state index in [0.29, 0.717) is 13.0 Å². The van der Waals surface area contributed by atoms with Crippen LogP contribution in [0.15, 0.2) is 0 Å². The summed E-state index contributed by atoms with van der Waals surface area (Å²) in [6.45, 7) is 5.19. The summed E-state index contributed by atoms with van der Waals surface area (Å²) in [4.78, 5) is 13.1. The Kier molecular flexibility index (Phi) is 4.11. The van der Waals surface area contributed by atoms with Crippen molar-refractivity contribution in [2.24, 2.45) is 0 Å². The molecule has 0 aromatic rings. The largest absolute Gasteiger partial charge is 0.480 e. The number of carboxylic acid groups (broad SMARTS) is 1. The highest BCUT2D eigenvalue weighted by Crippen LogP contribution is 2.21. The number of carbonyl (C=O) groups is 1. The van der Waals surface area contributed by atoms with Crippen LogP contribution in [0.1, 0.15) is 33.1 Å². The van der Waals surface area contributed by atoms with Crippen LogP contribution in [0.3, 0.4) is 0 Å². The van der Waals surface area contributed by atoms with Crippen LogP contribution in [0.5, 0.6) is 0 Å². The lowest BCUT2D eigenvalue weighted by molar-refractivity contribution is -0.150. The van der Waals surface area contributed by atoms with Crippen LogP contribution in [0.25, 0.3) is 0 Å². The highest BCUT2D eigenvalue weighted by molar-refractivity contribution is 5.78. The Labute approximate surface area is 91.2 Å². The normalized spacial score (nSPS) is 25.5. The fraction of sp³-hybridized carbons (Fsp3) is 0.909. The van der Waals surface area contributed by atoms with Gasteiger partial charge in [-0.25, -0.2) is 0 Å². The molecule has 1 saturated heterocycles. The monoisotopic (exact) mass is 215 g/mol. The standard InChI is InChI=1S/C11H21NO3/c1-4-11(2,10(13)14)12(3)8-9-6-5-7-15-9/h9H,4-8H2,1-3H3,(H,13,14). The highest BCUT2D eigenvalue weighted by atomic mass is 16.5. The van der Waals surface area contributed by atoms with Gasteiger partial charge in [-0.2, -0.15) is 0 Å². The van der Waals surface area contributed by atoms with Crippen LogP contribution in [0.4, 0.5) is 0 Å². The molecule has 0 aliphatic carbocycles. The molecule has 15 heavy (non-hydrogen) atoms. The molecular formula is C11H21NO3. The summed E-state index contributed by atoms with van der Waals surface area (Å²) < 4.78 is 5.51. The summed E-state index contributed by atoms with van der Waals surface area (Å²) in [5.41, 5.74) is -0.772. The van der Waals surface area contributed by atoms with Crippen molar-refractivity contribution in [2.75, 3.05) is 20.2 Å². The molecule has 2 atom stereocenters. The number of hydrogen-bond donors (Lipinski definition) is 1. The molecule has 1 rings (SSSR count). The van der Waals surface area contributed by atoms with Gasteiger partial charge in [-0.05, 0) is 33.2 Å². The smallest absolute Gasteiger partial charge is 0.323 e. The van der Waals surface area contributed by atoms with Crippen molar-refractivity contribution in [1.82, 2.24) is 4.90 Å². The van der Waals surface area contributed by atoms with Gasteiger partial charge < -0.3 is 9.84 Å². The van der Waals surface area contributed by atoms with Crippen molar-refractivity contribution >= 4 is 5.97 Å². The molecule has 0 bridgehead atoms. The number of carboxylic acids is 1. The van der Waals surface area contributed by atoms with Gasteiger partial charge in [-0.3, -0.25) is 9.69 Å². The Hall–Kier alpha value is -0.610. The maximum absolute atomic E-state index is 11.2. The van der Waals surface area contributed by atoms with Gasteiger partial charge in [0.1, 0.15) is 5.54 Å². The number of likely N-dealkylation sites (N-methyl/N-ethyl adjacent to an activating group) is 1. The summed E-state index contributed by atoms with van der Waals surface area (Å²) in [6.07, 6.45) is 2.95. The average molecular weight is 215 g/mol. The van der Waals surface area contributed by atoms with Crippen molar-refractivity contribution in [3.05, 3.63) is 0 Å².